The summed E-state index contributed by atoms with van der Waals surface area (Å²) >= 11 is 1.51. The van der Waals surface area contributed by atoms with Crippen molar-refractivity contribution in [2.45, 2.75) is 63.4 Å². The highest BCUT2D eigenvalue weighted by Gasteiger charge is 2.12. The number of aromatic hydroxyl groups is 1. The first-order valence-electron chi connectivity index (χ1n) is 8.88. The molecule has 1 aliphatic rings. The fourth-order valence-corrected chi connectivity index (χ4v) is 3.80. The number of nitrogens with zero attached hydrogens (tertiary/aromatic N) is 2. The maximum Gasteiger partial charge on any atom is 0.258 e. The van der Waals surface area contributed by atoms with Crippen molar-refractivity contribution in [1.29, 1.82) is 0 Å². The molecule has 1 saturated heterocycles. The Kier molecular flexibility index (Phi) is 7.95. The van der Waals surface area contributed by atoms with Gasteiger partial charge in [-0.1, -0.05) is 44.4 Å². The molecule has 1 aromatic heterocycles. The molecule has 0 spiro atoms. The van der Waals surface area contributed by atoms with Crippen LogP contribution in [0.25, 0.3) is 0 Å². The number of piperidine rings is 1. The highest BCUT2D eigenvalue weighted by Crippen LogP contribution is 2.19. The lowest BCUT2D eigenvalue weighted by Crippen LogP contribution is -2.31. The number of thioether (sulfide) groups is 1. The summed E-state index contributed by atoms with van der Waals surface area (Å²) in [6.45, 7) is 5.51. The topological polar surface area (TPSA) is 69.2 Å². The lowest BCUT2D eigenvalue weighted by molar-refractivity contribution is 0.242. The largest absolute Gasteiger partial charge is 0.493 e. The van der Waals surface area contributed by atoms with E-state index in [0.717, 1.165) is 38.0 Å². The number of hydrogen-bond donors (Lipinski definition) is 2. The number of hydrogen-bond acceptors (Lipinski definition) is 5. The van der Waals surface area contributed by atoms with E-state index in [9.17, 15) is 9.90 Å². The Morgan fingerprint density at radius 2 is 2.00 bits per heavy atom. The first-order valence-corrected chi connectivity index (χ1v) is 9.86. The van der Waals surface area contributed by atoms with Gasteiger partial charge in [0, 0.05) is 12.3 Å². The standard InChI is InChI=1S/C17H29N3O2S/c1-2-3-4-6-9-14-15(21)18-17(19-16(14)22)23-13-12-20-10-7-5-8-11-20/h2-13H2,1H3,(H2,18,19,21,22). The van der Waals surface area contributed by atoms with Crippen molar-refractivity contribution >= 4 is 11.8 Å². The Bertz CT molecular complexity index is 527. The van der Waals surface area contributed by atoms with Crippen LogP contribution >= 0.6 is 11.8 Å². The number of aromatic nitrogens is 2. The molecule has 0 bridgehead atoms. The van der Waals surface area contributed by atoms with E-state index in [0.29, 0.717) is 17.1 Å². The second-order valence-corrected chi connectivity index (χ2v) is 7.32. The van der Waals surface area contributed by atoms with Gasteiger partial charge in [0.05, 0.1) is 5.56 Å². The highest BCUT2D eigenvalue weighted by atomic mass is 32.2. The van der Waals surface area contributed by atoms with Gasteiger partial charge in [0.25, 0.3) is 5.56 Å². The Morgan fingerprint density at radius 3 is 2.70 bits per heavy atom. The van der Waals surface area contributed by atoms with Crippen LogP contribution in [0.1, 0.15) is 57.4 Å². The van der Waals surface area contributed by atoms with Crippen LogP contribution in [-0.4, -0.2) is 45.4 Å². The SMILES string of the molecule is CCCCCCc1c(O)nc(SCCN2CCCCC2)[nH]c1=O. The molecule has 0 amide bonds. The molecule has 23 heavy (non-hydrogen) atoms. The Hall–Kier alpha value is -1.01. The van der Waals surface area contributed by atoms with E-state index < -0.39 is 0 Å². The van der Waals surface area contributed by atoms with Gasteiger partial charge < -0.3 is 15.0 Å². The first-order chi connectivity index (χ1) is 11.2. The third-order valence-corrected chi connectivity index (χ3v) is 5.20. The second-order valence-electron chi connectivity index (χ2n) is 6.23. The number of nitrogens with one attached hydrogen (secondary N) is 1. The summed E-state index contributed by atoms with van der Waals surface area (Å²) in [7, 11) is 0. The molecule has 1 fully saturated rings. The fourth-order valence-electron chi connectivity index (χ4n) is 2.94. The van der Waals surface area contributed by atoms with Gasteiger partial charge in [-0.3, -0.25) is 4.79 Å². The van der Waals surface area contributed by atoms with Crippen LogP contribution in [0.15, 0.2) is 9.95 Å². The molecule has 2 rings (SSSR count). The summed E-state index contributed by atoms with van der Waals surface area (Å²) in [5, 5.41) is 10.6. The lowest BCUT2D eigenvalue weighted by Gasteiger charge is -2.25. The number of aromatic amines is 1. The van der Waals surface area contributed by atoms with Crippen LogP contribution in [0.4, 0.5) is 0 Å². The third-order valence-electron chi connectivity index (χ3n) is 4.35. The van der Waals surface area contributed by atoms with E-state index in [1.165, 1.54) is 44.1 Å². The third kappa shape index (κ3) is 6.18. The minimum absolute atomic E-state index is 0.0919. The predicted octanol–water partition coefficient (Wildman–Crippen LogP) is 3.18. The van der Waals surface area contributed by atoms with Gasteiger partial charge in [-0.25, -0.2) is 0 Å². The monoisotopic (exact) mass is 339 g/mol. The molecule has 1 aromatic rings. The van der Waals surface area contributed by atoms with Gasteiger partial charge in [0.2, 0.25) is 5.88 Å². The van der Waals surface area contributed by atoms with Gasteiger partial charge in [-0.05, 0) is 38.8 Å². The summed E-state index contributed by atoms with van der Waals surface area (Å²) in [5.41, 5.74) is 0.246. The Labute approximate surface area is 142 Å². The van der Waals surface area contributed by atoms with Gasteiger partial charge in [-0.15, -0.1) is 0 Å². The molecule has 130 valence electrons. The maximum atomic E-state index is 12.1. The summed E-state index contributed by atoms with van der Waals surface area (Å²) in [5.74, 6) is 0.795. The molecular weight excluding hydrogens is 310 g/mol. The molecule has 2 heterocycles. The molecule has 0 aromatic carbocycles. The highest BCUT2D eigenvalue weighted by molar-refractivity contribution is 7.99. The maximum absolute atomic E-state index is 12.1. The summed E-state index contributed by atoms with van der Waals surface area (Å²) in [6.07, 6.45) is 8.85. The molecule has 0 unspecified atom stereocenters. The average molecular weight is 340 g/mol. The van der Waals surface area contributed by atoms with Crippen molar-refractivity contribution < 1.29 is 5.11 Å². The molecule has 1 aliphatic heterocycles. The van der Waals surface area contributed by atoms with Gasteiger partial charge in [-0.2, -0.15) is 4.98 Å². The normalized spacial score (nSPS) is 15.9. The fraction of sp³-hybridized carbons (Fsp3) is 0.765. The van der Waals surface area contributed by atoms with Crippen LogP contribution in [0.3, 0.4) is 0 Å². The lowest BCUT2D eigenvalue weighted by atomic mass is 10.1. The average Bonchev–Trinajstić information content (AvgIpc) is 2.54. The number of unbranched alkanes of at least 4 members (excludes halogenated alkanes) is 3. The van der Waals surface area contributed by atoms with E-state index in [-0.39, 0.29) is 11.4 Å². The van der Waals surface area contributed by atoms with E-state index in [4.69, 9.17) is 0 Å². The molecule has 0 aliphatic carbocycles. The molecular formula is C17H29N3O2S. The molecule has 0 radical (unpaired) electrons. The van der Waals surface area contributed by atoms with Gasteiger partial charge >= 0.3 is 0 Å². The number of likely N-dealkylation sites (tertiary alicyclic amines) is 1. The Morgan fingerprint density at radius 1 is 1.22 bits per heavy atom. The molecule has 6 heteroatoms. The van der Waals surface area contributed by atoms with Crippen molar-refractivity contribution in [1.82, 2.24) is 14.9 Å². The van der Waals surface area contributed by atoms with E-state index in [1.807, 2.05) is 0 Å². The summed E-state index contributed by atoms with van der Waals surface area (Å²) in [4.78, 5) is 21.5. The van der Waals surface area contributed by atoms with Crippen molar-refractivity contribution in [3.8, 4) is 5.88 Å². The van der Waals surface area contributed by atoms with Crippen molar-refractivity contribution in [2.75, 3.05) is 25.4 Å². The summed E-state index contributed by atoms with van der Waals surface area (Å²) < 4.78 is 0. The van der Waals surface area contributed by atoms with Crippen molar-refractivity contribution in [3.05, 3.63) is 15.9 Å². The van der Waals surface area contributed by atoms with E-state index >= 15 is 0 Å². The zero-order chi connectivity index (χ0) is 16.5. The van der Waals surface area contributed by atoms with Crippen LogP contribution in [0.2, 0.25) is 0 Å². The smallest absolute Gasteiger partial charge is 0.258 e. The van der Waals surface area contributed by atoms with Crippen LogP contribution < -0.4 is 5.56 Å². The van der Waals surface area contributed by atoms with E-state index in [1.54, 1.807) is 0 Å². The van der Waals surface area contributed by atoms with Crippen LogP contribution in [0.5, 0.6) is 5.88 Å². The van der Waals surface area contributed by atoms with E-state index in [2.05, 4.69) is 21.8 Å². The molecule has 5 nitrogen and oxygen atoms in total. The van der Waals surface area contributed by atoms with Gasteiger partial charge in [0.15, 0.2) is 5.16 Å². The minimum atomic E-state index is -0.186. The first kappa shape index (κ1) is 18.3. The zero-order valence-electron chi connectivity index (χ0n) is 14.1. The molecule has 0 saturated carbocycles. The second kappa shape index (κ2) is 9.98. The van der Waals surface area contributed by atoms with Crippen LogP contribution in [-0.2, 0) is 6.42 Å². The quantitative estimate of drug-likeness (QED) is 0.411. The molecule has 2 N–H and O–H groups in total. The molecule has 0 atom stereocenters. The van der Waals surface area contributed by atoms with Gasteiger partial charge in [0.1, 0.15) is 0 Å². The predicted molar refractivity (Wildman–Crippen MR) is 95.4 cm³/mol. The number of rotatable bonds is 9. The minimum Gasteiger partial charge on any atom is -0.493 e. The van der Waals surface area contributed by atoms with Crippen LogP contribution in [0, 0.1) is 0 Å². The van der Waals surface area contributed by atoms with Crippen molar-refractivity contribution in [2.24, 2.45) is 0 Å². The summed E-state index contributed by atoms with van der Waals surface area (Å²) in [6, 6.07) is 0. The Balaban J connectivity index is 1.82. The zero-order valence-corrected chi connectivity index (χ0v) is 15.0. The van der Waals surface area contributed by atoms with Crippen molar-refractivity contribution in [3.63, 3.8) is 0 Å². The number of H-pyrrole nitrogens is 1.